The van der Waals surface area contributed by atoms with Crippen molar-refractivity contribution in [3.63, 3.8) is 0 Å². The molecule has 1 unspecified atom stereocenters. The molecule has 0 aliphatic heterocycles. The Labute approximate surface area is 114 Å². The van der Waals surface area contributed by atoms with Gasteiger partial charge >= 0.3 is 0 Å². The van der Waals surface area contributed by atoms with E-state index in [1.165, 1.54) is 5.56 Å². The van der Waals surface area contributed by atoms with Crippen molar-refractivity contribution in [3.05, 3.63) is 44.4 Å². The number of thiophene rings is 1. The van der Waals surface area contributed by atoms with Crippen molar-refractivity contribution in [1.29, 1.82) is 0 Å². The zero-order valence-corrected chi connectivity index (χ0v) is 12.4. The van der Waals surface area contributed by atoms with E-state index in [1.54, 1.807) is 11.3 Å². The maximum absolute atomic E-state index is 5.85. The van der Waals surface area contributed by atoms with Crippen molar-refractivity contribution >= 4 is 27.3 Å². The van der Waals surface area contributed by atoms with Gasteiger partial charge in [0.05, 0.1) is 6.04 Å². The molecule has 4 heteroatoms. The summed E-state index contributed by atoms with van der Waals surface area (Å²) in [6.07, 6.45) is 0.934. The van der Waals surface area contributed by atoms with E-state index >= 15 is 0 Å². The predicted octanol–water partition coefficient (Wildman–Crippen LogP) is 4.36. The van der Waals surface area contributed by atoms with Gasteiger partial charge in [0, 0.05) is 21.8 Å². The van der Waals surface area contributed by atoms with Gasteiger partial charge in [-0.2, -0.15) is 11.3 Å². The summed E-state index contributed by atoms with van der Waals surface area (Å²) < 4.78 is 6.99. The van der Waals surface area contributed by atoms with E-state index in [2.05, 4.69) is 58.0 Å². The van der Waals surface area contributed by atoms with Crippen LogP contribution >= 0.6 is 27.3 Å². The highest BCUT2D eigenvalue weighted by atomic mass is 79.9. The van der Waals surface area contributed by atoms with Gasteiger partial charge in [-0.25, -0.2) is 0 Å². The fourth-order valence-electron chi connectivity index (χ4n) is 1.80. The Balaban J connectivity index is 2.32. The average molecular weight is 314 g/mol. The Morgan fingerprint density at radius 1 is 1.35 bits per heavy atom. The molecular formula is C13H16BrNOS. The fraction of sp³-hybridized carbons (Fsp3) is 0.385. The quantitative estimate of drug-likeness (QED) is 0.887. The molecule has 17 heavy (non-hydrogen) atoms. The lowest BCUT2D eigenvalue weighted by molar-refractivity contribution is 0.425. The summed E-state index contributed by atoms with van der Waals surface area (Å²) in [5.74, 6) is 2.03. The lowest BCUT2D eigenvalue weighted by Crippen LogP contribution is -2.21. The Morgan fingerprint density at radius 3 is 2.71 bits per heavy atom. The number of hydrogen-bond acceptors (Lipinski definition) is 3. The van der Waals surface area contributed by atoms with Crippen LogP contribution in [0.3, 0.4) is 0 Å². The van der Waals surface area contributed by atoms with Gasteiger partial charge in [-0.15, -0.1) is 0 Å². The lowest BCUT2D eigenvalue weighted by Gasteiger charge is -2.15. The highest BCUT2D eigenvalue weighted by molar-refractivity contribution is 9.10. The van der Waals surface area contributed by atoms with Crippen molar-refractivity contribution in [2.24, 2.45) is 0 Å². The molecule has 2 nitrogen and oxygen atoms in total. The van der Waals surface area contributed by atoms with Crippen molar-refractivity contribution in [2.75, 3.05) is 6.54 Å². The Hall–Kier alpha value is -0.580. The molecule has 2 aromatic heterocycles. The molecule has 0 fully saturated rings. The summed E-state index contributed by atoms with van der Waals surface area (Å²) in [6.45, 7) is 5.12. The van der Waals surface area contributed by atoms with Gasteiger partial charge < -0.3 is 9.73 Å². The molecule has 0 bridgehead atoms. The van der Waals surface area contributed by atoms with E-state index in [0.717, 1.165) is 29.0 Å². The Morgan fingerprint density at radius 2 is 2.18 bits per heavy atom. The molecule has 0 radical (unpaired) electrons. The van der Waals surface area contributed by atoms with Crippen LogP contribution in [-0.4, -0.2) is 6.54 Å². The maximum atomic E-state index is 5.85. The van der Waals surface area contributed by atoms with Crippen LogP contribution in [0.15, 0.2) is 31.8 Å². The molecule has 0 spiro atoms. The van der Waals surface area contributed by atoms with E-state index in [0.29, 0.717) is 0 Å². The standard InChI is InChI=1S/C13H16BrNOS/c1-3-9-5-6-12(16-9)13(15-4-2)10-7-17-8-11(10)14/h5-8,13,15H,3-4H2,1-2H3. The maximum Gasteiger partial charge on any atom is 0.125 e. The first-order chi connectivity index (χ1) is 8.26. The number of furan rings is 1. The summed E-state index contributed by atoms with van der Waals surface area (Å²) in [4.78, 5) is 0. The first-order valence-electron chi connectivity index (χ1n) is 5.79. The van der Waals surface area contributed by atoms with Gasteiger partial charge in [0.1, 0.15) is 11.5 Å². The topological polar surface area (TPSA) is 25.2 Å². The van der Waals surface area contributed by atoms with E-state index < -0.39 is 0 Å². The van der Waals surface area contributed by atoms with Crippen LogP contribution in [0.4, 0.5) is 0 Å². The van der Waals surface area contributed by atoms with E-state index in [-0.39, 0.29) is 6.04 Å². The average Bonchev–Trinajstić information content (AvgIpc) is 2.95. The predicted molar refractivity (Wildman–Crippen MR) is 75.6 cm³/mol. The number of aryl methyl sites for hydroxylation is 1. The fourth-order valence-corrected chi connectivity index (χ4v) is 3.36. The molecule has 2 rings (SSSR count). The van der Waals surface area contributed by atoms with Crippen LogP contribution in [0.2, 0.25) is 0 Å². The van der Waals surface area contributed by atoms with Crippen molar-refractivity contribution in [2.45, 2.75) is 26.3 Å². The summed E-state index contributed by atoms with van der Waals surface area (Å²) in [7, 11) is 0. The molecule has 1 atom stereocenters. The van der Waals surface area contributed by atoms with E-state index in [4.69, 9.17) is 4.42 Å². The monoisotopic (exact) mass is 313 g/mol. The second-order valence-electron chi connectivity index (χ2n) is 3.82. The van der Waals surface area contributed by atoms with Crippen LogP contribution in [0, 0.1) is 0 Å². The molecule has 0 saturated carbocycles. The van der Waals surface area contributed by atoms with E-state index in [1.807, 2.05) is 0 Å². The third kappa shape index (κ3) is 2.81. The SMILES string of the molecule is CCNC(c1ccc(CC)o1)c1cscc1Br. The number of nitrogens with one attached hydrogen (secondary N) is 1. The van der Waals surface area contributed by atoms with Gasteiger partial charge in [0.25, 0.3) is 0 Å². The van der Waals surface area contributed by atoms with Crippen LogP contribution in [-0.2, 0) is 6.42 Å². The minimum atomic E-state index is 0.140. The summed E-state index contributed by atoms with van der Waals surface area (Å²) in [6, 6.07) is 4.26. The van der Waals surface area contributed by atoms with Crippen molar-refractivity contribution < 1.29 is 4.42 Å². The third-order valence-corrected chi connectivity index (χ3v) is 4.43. The highest BCUT2D eigenvalue weighted by Crippen LogP contribution is 2.32. The first kappa shape index (κ1) is 12.9. The second kappa shape index (κ2) is 5.85. The highest BCUT2D eigenvalue weighted by Gasteiger charge is 2.19. The van der Waals surface area contributed by atoms with Gasteiger partial charge in [-0.3, -0.25) is 0 Å². The summed E-state index contributed by atoms with van der Waals surface area (Å²) in [5, 5.41) is 7.72. The smallest absolute Gasteiger partial charge is 0.125 e. The zero-order chi connectivity index (χ0) is 12.3. The molecule has 1 N–H and O–H groups in total. The normalized spacial score (nSPS) is 12.9. The molecule has 2 heterocycles. The van der Waals surface area contributed by atoms with Gasteiger partial charge in [-0.05, 0) is 40.0 Å². The molecule has 2 aromatic rings. The second-order valence-corrected chi connectivity index (χ2v) is 5.42. The zero-order valence-electron chi connectivity index (χ0n) is 10.00. The number of rotatable bonds is 5. The van der Waals surface area contributed by atoms with Crippen LogP contribution in [0.1, 0.15) is 37.0 Å². The molecule has 0 aliphatic rings. The Kier molecular flexibility index (Phi) is 4.42. The summed E-state index contributed by atoms with van der Waals surface area (Å²) >= 11 is 5.29. The molecule has 92 valence electrons. The largest absolute Gasteiger partial charge is 0.464 e. The molecule has 0 saturated heterocycles. The molecule has 0 aromatic carbocycles. The van der Waals surface area contributed by atoms with Crippen LogP contribution < -0.4 is 5.32 Å². The molecule has 0 aliphatic carbocycles. The van der Waals surface area contributed by atoms with Crippen molar-refractivity contribution in [1.82, 2.24) is 5.32 Å². The number of hydrogen-bond donors (Lipinski definition) is 1. The van der Waals surface area contributed by atoms with Gasteiger partial charge in [-0.1, -0.05) is 13.8 Å². The number of halogens is 1. The first-order valence-corrected chi connectivity index (χ1v) is 7.53. The third-order valence-electron chi connectivity index (χ3n) is 2.68. The van der Waals surface area contributed by atoms with Crippen LogP contribution in [0.25, 0.3) is 0 Å². The minimum absolute atomic E-state index is 0.140. The van der Waals surface area contributed by atoms with Gasteiger partial charge in [0.15, 0.2) is 0 Å². The molecular weight excluding hydrogens is 298 g/mol. The molecule has 0 amide bonds. The van der Waals surface area contributed by atoms with Crippen molar-refractivity contribution in [3.8, 4) is 0 Å². The Bertz CT molecular complexity index is 477. The van der Waals surface area contributed by atoms with Gasteiger partial charge in [0.2, 0.25) is 0 Å². The minimum Gasteiger partial charge on any atom is -0.464 e. The summed E-state index contributed by atoms with van der Waals surface area (Å²) in [5.41, 5.74) is 1.24. The van der Waals surface area contributed by atoms with Crippen LogP contribution in [0.5, 0.6) is 0 Å². The lowest BCUT2D eigenvalue weighted by atomic mass is 10.1. The van der Waals surface area contributed by atoms with E-state index in [9.17, 15) is 0 Å².